The molecule has 0 saturated heterocycles. The number of carbonyl (C=O) groups is 2. The molecule has 0 aliphatic carbocycles. The van der Waals surface area contributed by atoms with Gasteiger partial charge < -0.3 is 27.9 Å². The van der Waals surface area contributed by atoms with Gasteiger partial charge in [-0.2, -0.15) is 0 Å². The van der Waals surface area contributed by atoms with Crippen molar-refractivity contribution in [2.45, 2.75) is 270 Å². The molecule has 10 heteroatoms. The fourth-order valence-electron chi connectivity index (χ4n) is 8.07. The van der Waals surface area contributed by atoms with E-state index in [1.165, 1.54) is 167 Å². The zero-order valence-electron chi connectivity index (χ0n) is 45.8. The first-order valence-corrected chi connectivity index (χ1v) is 30.3. The topological polar surface area (TPSA) is 111 Å². The number of carbonyl (C=O) groups excluding carboxylic acids is 2. The first-order valence-electron chi connectivity index (χ1n) is 28.8. The van der Waals surface area contributed by atoms with Crippen molar-refractivity contribution in [1.82, 2.24) is 0 Å². The number of nitrogens with zero attached hydrogens (tertiary/aromatic N) is 1. The zero-order chi connectivity index (χ0) is 50.6. The molecule has 0 aliphatic heterocycles. The van der Waals surface area contributed by atoms with Crippen molar-refractivity contribution in [3.63, 3.8) is 0 Å². The van der Waals surface area contributed by atoms with Crippen LogP contribution in [0.2, 0.25) is 0 Å². The Hall–Kier alpha value is -2.03. The van der Waals surface area contributed by atoms with Gasteiger partial charge in [-0.1, -0.05) is 223 Å². The third-order valence-corrected chi connectivity index (χ3v) is 13.5. The Balaban J connectivity index is 4.16. The van der Waals surface area contributed by atoms with Gasteiger partial charge in [0.15, 0.2) is 6.10 Å². The van der Waals surface area contributed by atoms with E-state index in [1.807, 2.05) is 21.1 Å². The van der Waals surface area contributed by atoms with Crippen LogP contribution in [0.4, 0.5) is 0 Å². The molecule has 0 saturated carbocycles. The molecule has 0 bridgehead atoms. The number of allylic oxidation sites excluding steroid dienone is 8. The summed E-state index contributed by atoms with van der Waals surface area (Å²) in [6, 6.07) is 0. The van der Waals surface area contributed by atoms with E-state index in [0.29, 0.717) is 17.4 Å². The molecular weight excluding hydrogens is 882 g/mol. The van der Waals surface area contributed by atoms with Crippen LogP contribution < -0.4 is 4.89 Å². The predicted octanol–water partition coefficient (Wildman–Crippen LogP) is 17.1. The summed E-state index contributed by atoms with van der Waals surface area (Å²) < 4.78 is 34.1. The van der Waals surface area contributed by atoms with Crippen molar-refractivity contribution in [2.24, 2.45) is 0 Å². The van der Waals surface area contributed by atoms with Gasteiger partial charge in [-0.3, -0.25) is 14.2 Å². The van der Waals surface area contributed by atoms with Crippen LogP contribution in [0.15, 0.2) is 48.6 Å². The SMILES string of the molecule is CCCCCCC/C=C\C/C=C\C/C=C\CCCCCCCCCCCCCCC(=O)OC(COC(=O)CCCCCCCCC/C=C\CCCCCCCCC)COP(=O)([O-])OCC[N+](C)(C)C. The van der Waals surface area contributed by atoms with Gasteiger partial charge in [0, 0.05) is 12.8 Å². The van der Waals surface area contributed by atoms with Crippen LogP contribution in [0.3, 0.4) is 0 Å². The fourth-order valence-corrected chi connectivity index (χ4v) is 8.80. The molecule has 0 aliphatic rings. The molecule has 0 heterocycles. The highest BCUT2D eigenvalue weighted by atomic mass is 31.2. The van der Waals surface area contributed by atoms with Gasteiger partial charge in [0.25, 0.3) is 7.82 Å². The largest absolute Gasteiger partial charge is 0.756 e. The molecule has 2 atom stereocenters. The molecule has 0 fully saturated rings. The first-order chi connectivity index (χ1) is 33.5. The number of hydrogen-bond donors (Lipinski definition) is 0. The van der Waals surface area contributed by atoms with Crippen molar-refractivity contribution in [1.29, 1.82) is 0 Å². The molecule has 404 valence electrons. The Labute approximate surface area is 426 Å². The van der Waals surface area contributed by atoms with E-state index in [4.69, 9.17) is 18.5 Å². The molecule has 0 amide bonds. The van der Waals surface area contributed by atoms with E-state index in [9.17, 15) is 19.0 Å². The molecule has 0 rings (SSSR count). The molecule has 0 aromatic rings. The van der Waals surface area contributed by atoms with Crippen molar-refractivity contribution in [3.05, 3.63) is 48.6 Å². The number of esters is 2. The van der Waals surface area contributed by atoms with Gasteiger partial charge in [-0.05, 0) is 77.0 Å². The van der Waals surface area contributed by atoms with Gasteiger partial charge >= 0.3 is 11.9 Å². The van der Waals surface area contributed by atoms with E-state index in [0.717, 1.165) is 64.2 Å². The Morgan fingerprint density at radius 3 is 1.17 bits per heavy atom. The second kappa shape index (κ2) is 50.9. The lowest BCUT2D eigenvalue weighted by atomic mass is 10.0. The quantitative estimate of drug-likeness (QED) is 0.0195. The summed E-state index contributed by atoms with van der Waals surface area (Å²) in [6.07, 6.45) is 62.9. The lowest BCUT2D eigenvalue weighted by Gasteiger charge is -2.28. The number of ether oxygens (including phenoxy) is 2. The summed E-state index contributed by atoms with van der Waals surface area (Å²) in [6.45, 7) is 4.24. The van der Waals surface area contributed by atoms with Gasteiger partial charge in [0.1, 0.15) is 19.8 Å². The number of hydrogen-bond acceptors (Lipinski definition) is 8. The summed E-state index contributed by atoms with van der Waals surface area (Å²) in [4.78, 5) is 37.8. The van der Waals surface area contributed by atoms with Crippen molar-refractivity contribution in [2.75, 3.05) is 47.5 Å². The third kappa shape index (κ3) is 55.1. The van der Waals surface area contributed by atoms with Gasteiger partial charge in [-0.25, -0.2) is 0 Å². The monoisotopic (exact) mass is 992 g/mol. The Kier molecular flexibility index (Phi) is 49.4. The minimum atomic E-state index is -4.64. The van der Waals surface area contributed by atoms with E-state index in [1.54, 1.807) is 0 Å². The average Bonchev–Trinajstić information content (AvgIpc) is 3.31. The number of quaternary nitrogens is 1. The van der Waals surface area contributed by atoms with Gasteiger partial charge in [0.05, 0.1) is 27.7 Å². The number of unbranched alkanes of at least 4 members (excludes halogenated alkanes) is 31. The highest BCUT2D eigenvalue weighted by Gasteiger charge is 2.22. The smallest absolute Gasteiger partial charge is 0.306 e. The van der Waals surface area contributed by atoms with Crippen LogP contribution in [0.25, 0.3) is 0 Å². The van der Waals surface area contributed by atoms with Crippen molar-refractivity contribution >= 4 is 19.8 Å². The highest BCUT2D eigenvalue weighted by molar-refractivity contribution is 7.45. The van der Waals surface area contributed by atoms with E-state index < -0.39 is 26.5 Å². The number of phosphoric acid groups is 1. The predicted molar refractivity (Wildman–Crippen MR) is 291 cm³/mol. The van der Waals surface area contributed by atoms with Crippen LogP contribution in [-0.4, -0.2) is 70.0 Å². The molecule has 0 aromatic carbocycles. The van der Waals surface area contributed by atoms with Gasteiger partial charge in [0.2, 0.25) is 0 Å². The molecule has 0 spiro atoms. The standard InChI is InChI=1S/C59H110NO8P/c1-6-8-10-12-14-16-18-20-22-24-26-27-28-29-30-31-32-33-34-36-38-40-42-44-46-48-50-52-59(62)68-57(56-67-69(63,64)66-54-53-60(3,4)5)55-65-58(61)51-49-47-45-43-41-39-37-35-25-23-21-19-17-15-13-11-9-7-2/h18,20,23-26,28-29,57H,6-17,19,21-22,27,30-56H2,1-5H3/b20-18-,25-23-,26-24-,29-28-. The zero-order valence-corrected chi connectivity index (χ0v) is 46.7. The average molecular weight is 993 g/mol. The molecule has 0 radical (unpaired) electrons. The molecule has 69 heavy (non-hydrogen) atoms. The Bertz CT molecular complexity index is 1310. The number of likely N-dealkylation sites (N-methyl/N-ethyl adjacent to an activating group) is 1. The van der Waals surface area contributed by atoms with E-state index >= 15 is 0 Å². The van der Waals surface area contributed by atoms with Crippen LogP contribution in [-0.2, 0) is 32.7 Å². The second-order valence-corrected chi connectivity index (χ2v) is 22.1. The molecule has 2 unspecified atom stereocenters. The maximum Gasteiger partial charge on any atom is 0.306 e. The normalized spacial score (nSPS) is 13.7. The van der Waals surface area contributed by atoms with Crippen molar-refractivity contribution < 1.29 is 42.1 Å². The molecule has 0 aromatic heterocycles. The maximum atomic E-state index is 12.8. The molecule has 9 nitrogen and oxygen atoms in total. The maximum absolute atomic E-state index is 12.8. The minimum Gasteiger partial charge on any atom is -0.756 e. The van der Waals surface area contributed by atoms with Crippen molar-refractivity contribution in [3.8, 4) is 0 Å². The summed E-state index contributed by atoms with van der Waals surface area (Å²) in [5, 5.41) is 0. The lowest BCUT2D eigenvalue weighted by Crippen LogP contribution is -2.37. The number of phosphoric ester groups is 1. The molecule has 0 N–H and O–H groups in total. The van der Waals surface area contributed by atoms with Crippen LogP contribution >= 0.6 is 7.82 Å². The Morgan fingerprint density at radius 1 is 0.449 bits per heavy atom. The summed E-state index contributed by atoms with van der Waals surface area (Å²) in [7, 11) is 1.17. The highest BCUT2D eigenvalue weighted by Crippen LogP contribution is 2.38. The summed E-state index contributed by atoms with van der Waals surface area (Å²) >= 11 is 0. The second-order valence-electron chi connectivity index (χ2n) is 20.6. The van der Waals surface area contributed by atoms with E-state index in [-0.39, 0.29) is 32.0 Å². The third-order valence-electron chi connectivity index (χ3n) is 12.6. The fraction of sp³-hybridized carbons (Fsp3) is 0.831. The van der Waals surface area contributed by atoms with Gasteiger partial charge in [-0.15, -0.1) is 0 Å². The van der Waals surface area contributed by atoms with Crippen LogP contribution in [0, 0.1) is 0 Å². The number of rotatable bonds is 53. The van der Waals surface area contributed by atoms with Crippen LogP contribution in [0.5, 0.6) is 0 Å². The summed E-state index contributed by atoms with van der Waals surface area (Å²) in [5.74, 6) is -0.833. The summed E-state index contributed by atoms with van der Waals surface area (Å²) in [5.41, 5.74) is 0. The molecular formula is C59H110NO8P. The minimum absolute atomic E-state index is 0.0321. The van der Waals surface area contributed by atoms with Crippen LogP contribution in [0.1, 0.15) is 264 Å². The Morgan fingerprint density at radius 2 is 0.783 bits per heavy atom. The van der Waals surface area contributed by atoms with E-state index in [2.05, 4.69) is 62.5 Å². The lowest BCUT2D eigenvalue weighted by molar-refractivity contribution is -0.870. The first kappa shape index (κ1) is 67.0.